The molecule has 1 aliphatic heterocycles. The number of pyridine rings is 2. The van der Waals surface area contributed by atoms with E-state index >= 15 is 0 Å². The summed E-state index contributed by atoms with van der Waals surface area (Å²) in [5.41, 5.74) is 4.76. The Morgan fingerprint density at radius 2 is 1.92 bits per heavy atom. The van der Waals surface area contributed by atoms with Crippen LogP contribution >= 0.6 is 0 Å². The molecule has 1 saturated heterocycles. The minimum atomic E-state index is -1.09. The first-order valence-corrected chi connectivity index (χ1v) is 13.1. The summed E-state index contributed by atoms with van der Waals surface area (Å²) in [6, 6.07) is 13.6. The van der Waals surface area contributed by atoms with E-state index in [4.69, 9.17) is 14.6 Å². The smallest absolute Gasteiger partial charge is 0.354 e. The number of methoxy groups -OCH3 is 1. The molecule has 3 aromatic heterocycles. The predicted octanol–water partition coefficient (Wildman–Crippen LogP) is 4.22. The number of morpholine rings is 1. The SMILES string of the molecule is COCCN(C)c1ccc(-c2cc(C(=O)O)nc3c2c(C(C)C)nn3-c2cccc(N3CCOCC3)c2)cn1. The molecule has 1 fully saturated rings. The van der Waals surface area contributed by atoms with Gasteiger partial charge in [0.05, 0.1) is 36.6 Å². The molecule has 0 aliphatic carbocycles. The minimum Gasteiger partial charge on any atom is -0.477 e. The molecule has 4 heterocycles. The van der Waals surface area contributed by atoms with E-state index in [2.05, 4.69) is 40.8 Å². The highest BCUT2D eigenvalue weighted by atomic mass is 16.5. The molecule has 0 unspecified atom stereocenters. The second-order valence-electron chi connectivity index (χ2n) is 9.95. The zero-order chi connectivity index (χ0) is 27.5. The van der Waals surface area contributed by atoms with Gasteiger partial charge in [0.25, 0.3) is 0 Å². The fourth-order valence-electron chi connectivity index (χ4n) is 4.82. The third kappa shape index (κ3) is 5.43. The number of ether oxygens (including phenoxy) is 2. The monoisotopic (exact) mass is 530 g/mol. The third-order valence-electron chi connectivity index (χ3n) is 6.96. The lowest BCUT2D eigenvalue weighted by molar-refractivity contribution is 0.0691. The molecule has 4 aromatic rings. The number of nitrogens with zero attached hydrogens (tertiary/aromatic N) is 6. The maximum Gasteiger partial charge on any atom is 0.354 e. The van der Waals surface area contributed by atoms with E-state index in [1.165, 1.54) is 0 Å². The van der Waals surface area contributed by atoms with Gasteiger partial charge < -0.3 is 24.4 Å². The van der Waals surface area contributed by atoms with Gasteiger partial charge >= 0.3 is 5.97 Å². The summed E-state index contributed by atoms with van der Waals surface area (Å²) in [6.07, 6.45) is 1.78. The van der Waals surface area contributed by atoms with Crippen LogP contribution in [0.1, 0.15) is 35.9 Å². The van der Waals surface area contributed by atoms with Crippen molar-refractivity contribution >= 4 is 28.5 Å². The predicted molar refractivity (Wildman–Crippen MR) is 151 cm³/mol. The van der Waals surface area contributed by atoms with Crippen molar-refractivity contribution in [2.45, 2.75) is 19.8 Å². The second-order valence-corrected chi connectivity index (χ2v) is 9.95. The standard InChI is InChI=1S/C29H34N6O4/c1-19(2)27-26-23(20-8-9-25(30-18-20)33(3)10-13-38-4)17-24(29(36)37)31-28(26)35(32-27)22-7-5-6-21(16-22)34-11-14-39-15-12-34/h5-9,16-19H,10-15H2,1-4H3,(H,36,37). The fourth-order valence-corrected chi connectivity index (χ4v) is 4.82. The number of carbonyl (C=O) groups is 1. The van der Waals surface area contributed by atoms with Crippen molar-refractivity contribution in [2.24, 2.45) is 0 Å². The Balaban J connectivity index is 1.65. The summed E-state index contributed by atoms with van der Waals surface area (Å²) in [4.78, 5) is 25.7. The van der Waals surface area contributed by atoms with Crippen molar-refractivity contribution in [1.82, 2.24) is 19.7 Å². The number of fused-ring (bicyclic) bond motifs is 1. The zero-order valence-electron chi connectivity index (χ0n) is 22.8. The van der Waals surface area contributed by atoms with Gasteiger partial charge in [-0.25, -0.2) is 19.4 Å². The van der Waals surface area contributed by atoms with Crippen LogP contribution in [-0.2, 0) is 9.47 Å². The lowest BCUT2D eigenvalue weighted by atomic mass is 9.98. The highest BCUT2D eigenvalue weighted by Crippen LogP contribution is 2.36. The van der Waals surface area contributed by atoms with E-state index in [0.717, 1.165) is 52.5 Å². The van der Waals surface area contributed by atoms with Gasteiger partial charge in [-0.1, -0.05) is 19.9 Å². The Morgan fingerprint density at radius 1 is 1.15 bits per heavy atom. The van der Waals surface area contributed by atoms with Crippen LogP contribution in [0.25, 0.3) is 27.8 Å². The number of anilines is 2. The number of carboxylic acids is 1. The Labute approximate surface area is 227 Å². The molecule has 0 bridgehead atoms. The normalized spacial score (nSPS) is 13.8. The van der Waals surface area contributed by atoms with Crippen molar-refractivity contribution < 1.29 is 19.4 Å². The fraction of sp³-hybridized carbons (Fsp3) is 0.379. The van der Waals surface area contributed by atoms with Gasteiger partial charge in [-0.2, -0.15) is 5.10 Å². The number of carboxylic acid groups (broad SMARTS) is 1. The number of likely N-dealkylation sites (N-methyl/N-ethyl adjacent to an activating group) is 1. The molecule has 0 amide bonds. The highest BCUT2D eigenvalue weighted by molar-refractivity contribution is 6.00. The van der Waals surface area contributed by atoms with Crippen molar-refractivity contribution in [3.8, 4) is 16.8 Å². The molecular weight excluding hydrogens is 496 g/mol. The number of hydrogen-bond donors (Lipinski definition) is 1. The van der Waals surface area contributed by atoms with E-state index in [1.54, 1.807) is 24.1 Å². The van der Waals surface area contributed by atoms with Gasteiger partial charge in [0, 0.05) is 51.2 Å². The van der Waals surface area contributed by atoms with Crippen LogP contribution < -0.4 is 9.80 Å². The topological polar surface area (TPSA) is 106 Å². The number of hydrogen-bond acceptors (Lipinski definition) is 8. The van der Waals surface area contributed by atoms with Crippen molar-refractivity contribution in [2.75, 3.05) is 63.4 Å². The van der Waals surface area contributed by atoms with E-state index < -0.39 is 5.97 Å². The van der Waals surface area contributed by atoms with E-state index in [9.17, 15) is 9.90 Å². The summed E-state index contributed by atoms with van der Waals surface area (Å²) in [5.74, 6) is -0.206. The van der Waals surface area contributed by atoms with E-state index in [0.29, 0.717) is 32.0 Å². The highest BCUT2D eigenvalue weighted by Gasteiger charge is 2.23. The van der Waals surface area contributed by atoms with Crippen LogP contribution in [0.15, 0.2) is 48.7 Å². The van der Waals surface area contributed by atoms with Crippen LogP contribution in [0.3, 0.4) is 0 Å². The first-order valence-electron chi connectivity index (χ1n) is 13.1. The lowest BCUT2D eigenvalue weighted by Crippen LogP contribution is -2.36. The molecule has 204 valence electrons. The molecule has 1 aliphatic rings. The average molecular weight is 531 g/mol. The zero-order valence-corrected chi connectivity index (χ0v) is 22.8. The summed E-state index contributed by atoms with van der Waals surface area (Å²) in [7, 11) is 3.63. The molecule has 10 heteroatoms. The van der Waals surface area contributed by atoms with Crippen LogP contribution in [0, 0.1) is 0 Å². The van der Waals surface area contributed by atoms with Gasteiger partial charge in [0.15, 0.2) is 11.3 Å². The van der Waals surface area contributed by atoms with Gasteiger partial charge in [0.2, 0.25) is 0 Å². The Kier molecular flexibility index (Phi) is 7.76. The maximum absolute atomic E-state index is 12.2. The number of aromatic nitrogens is 4. The molecule has 0 spiro atoms. The Hall–Kier alpha value is -4.02. The van der Waals surface area contributed by atoms with Crippen molar-refractivity contribution in [3.63, 3.8) is 0 Å². The largest absolute Gasteiger partial charge is 0.477 e. The van der Waals surface area contributed by atoms with Gasteiger partial charge in [0.1, 0.15) is 5.82 Å². The molecule has 1 N–H and O–H groups in total. The molecule has 10 nitrogen and oxygen atoms in total. The lowest BCUT2D eigenvalue weighted by Gasteiger charge is -2.29. The van der Waals surface area contributed by atoms with Crippen LogP contribution in [-0.4, -0.2) is 84.4 Å². The molecular formula is C29H34N6O4. The quantitative estimate of drug-likeness (QED) is 0.340. The van der Waals surface area contributed by atoms with Crippen LogP contribution in [0.4, 0.5) is 11.5 Å². The van der Waals surface area contributed by atoms with Gasteiger partial charge in [-0.15, -0.1) is 0 Å². The molecule has 0 saturated carbocycles. The maximum atomic E-state index is 12.2. The van der Waals surface area contributed by atoms with Crippen LogP contribution in [0.5, 0.6) is 0 Å². The van der Waals surface area contributed by atoms with Crippen molar-refractivity contribution in [3.05, 3.63) is 60.0 Å². The first kappa shape index (κ1) is 26.6. The van der Waals surface area contributed by atoms with Gasteiger partial charge in [-0.3, -0.25) is 0 Å². The molecule has 0 atom stereocenters. The molecule has 39 heavy (non-hydrogen) atoms. The molecule has 5 rings (SSSR count). The molecule has 1 aromatic carbocycles. The van der Waals surface area contributed by atoms with Gasteiger partial charge in [-0.05, 0) is 47.9 Å². The van der Waals surface area contributed by atoms with E-state index in [-0.39, 0.29) is 11.6 Å². The second kappa shape index (κ2) is 11.4. The third-order valence-corrected chi connectivity index (χ3v) is 6.96. The average Bonchev–Trinajstić information content (AvgIpc) is 3.36. The summed E-state index contributed by atoms with van der Waals surface area (Å²) in [5, 5.41) is 15.8. The van der Waals surface area contributed by atoms with Crippen molar-refractivity contribution in [1.29, 1.82) is 0 Å². The summed E-state index contributed by atoms with van der Waals surface area (Å²) >= 11 is 0. The number of benzene rings is 1. The summed E-state index contributed by atoms with van der Waals surface area (Å²) in [6.45, 7) is 8.47. The minimum absolute atomic E-state index is 0.0421. The number of aromatic carboxylic acids is 1. The first-order chi connectivity index (χ1) is 18.9. The Morgan fingerprint density at radius 3 is 2.59 bits per heavy atom. The molecule has 0 radical (unpaired) electrons. The van der Waals surface area contributed by atoms with Crippen LogP contribution in [0.2, 0.25) is 0 Å². The Bertz CT molecular complexity index is 1460. The summed E-state index contributed by atoms with van der Waals surface area (Å²) < 4.78 is 12.5. The number of rotatable bonds is 9. The van der Waals surface area contributed by atoms with E-state index in [1.807, 2.05) is 36.2 Å².